The van der Waals surface area contributed by atoms with Crippen molar-refractivity contribution in [2.45, 2.75) is 20.4 Å². The third kappa shape index (κ3) is 4.03. The average molecular weight is 221 g/mol. The van der Waals surface area contributed by atoms with E-state index in [2.05, 4.69) is 25.1 Å². The van der Waals surface area contributed by atoms with Crippen LogP contribution in [-0.2, 0) is 11.3 Å². The highest BCUT2D eigenvalue weighted by Gasteiger charge is 2.13. The molecule has 0 radical (unpaired) electrons. The third-order valence-electron chi connectivity index (χ3n) is 2.54. The molecule has 0 saturated heterocycles. The van der Waals surface area contributed by atoms with Gasteiger partial charge in [0.2, 0.25) is 0 Å². The molecule has 0 amide bonds. The van der Waals surface area contributed by atoms with E-state index in [1.54, 1.807) is 6.92 Å². The lowest BCUT2D eigenvalue weighted by molar-refractivity contribution is -0.141. The summed E-state index contributed by atoms with van der Waals surface area (Å²) in [7, 11) is 1.95. The van der Waals surface area contributed by atoms with Crippen molar-refractivity contribution in [2.75, 3.05) is 13.6 Å². The van der Waals surface area contributed by atoms with Gasteiger partial charge in [-0.3, -0.25) is 4.79 Å². The maximum absolute atomic E-state index is 10.7. The van der Waals surface area contributed by atoms with Crippen LogP contribution in [0.5, 0.6) is 0 Å². The summed E-state index contributed by atoms with van der Waals surface area (Å²) in [5, 5.41) is 8.81. The Morgan fingerprint density at radius 3 is 2.75 bits per heavy atom. The Balaban J connectivity index is 2.51. The minimum Gasteiger partial charge on any atom is -0.481 e. The van der Waals surface area contributed by atoms with Crippen molar-refractivity contribution in [3.63, 3.8) is 0 Å². The van der Waals surface area contributed by atoms with Crippen LogP contribution in [0.1, 0.15) is 18.1 Å². The fourth-order valence-electron chi connectivity index (χ4n) is 1.73. The summed E-state index contributed by atoms with van der Waals surface area (Å²) in [4.78, 5) is 12.7. The summed E-state index contributed by atoms with van der Waals surface area (Å²) in [5.41, 5.74) is 2.46. The molecule has 0 saturated carbocycles. The van der Waals surface area contributed by atoms with Crippen molar-refractivity contribution in [3.05, 3.63) is 35.4 Å². The maximum Gasteiger partial charge on any atom is 0.307 e. The van der Waals surface area contributed by atoms with Gasteiger partial charge in [-0.1, -0.05) is 36.8 Å². The first-order valence-corrected chi connectivity index (χ1v) is 5.46. The van der Waals surface area contributed by atoms with Crippen molar-refractivity contribution in [3.8, 4) is 0 Å². The maximum atomic E-state index is 10.7. The van der Waals surface area contributed by atoms with Gasteiger partial charge in [0.1, 0.15) is 0 Å². The summed E-state index contributed by atoms with van der Waals surface area (Å²) in [6.07, 6.45) is 0. The zero-order valence-corrected chi connectivity index (χ0v) is 10.1. The average Bonchev–Trinajstić information content (AvgIpc) is 2.16. The molecule has 0 aliphatic carbocycles. The van der Waals surface area contributed by atoms with Gasteiger partial charge >= 0.3 is 5.97 Å². The number of aryl methyl sites for hydroxylation is 1. The van der Waals surface area contributed by atoms with Crippen molar-refractivity contribution in [1.82, 2.24) is 4.90 Å². The van der Waals surface area contributed by atoms with E-state index >= 15 is 0 Å². The van der Waals surface area contributed by atoms with Gasteiger partial charge in [0, 0.05) is 13.1 Å². The molecule has 1 atom stereocenters. The van der Waals surface area contributed by atoms with Gasteiger partial charge in [-0.15, -0.1) is 0 Å². The number of hydrogen-bond acceptors (Lipinski definition) is 2. The van der Waals surface area contributed by atoms with Crippen LogP contribution in [0.3, 0.4) is 0 Å². The second kappa shape index (κ2) is 5.66. The first-order chi connectivity index (χ1) is 7.49. The summed E-state index contributed by atoms with van der Waals surface area (Å²) in [5.74, 6) is -1.06. The molecule has 3 heteroatoms. The van der Waals surface area contributed by atoms with Gasteiger partial charge < -0.3 is 10.0 Å². The van der Waals surface area contributed by atoms with Crippen molar-refractivity contribution in [2.24, 2.45) is 5.92 Å². The molecule has 0 bridgehead atoms. The van der Waals surface area contributed by atoms with E-state index < -0.39 is 5.97 Å². The van der Waals surface area contributed by atoms with Crippen molar-refractivity contribution >= 4 is 5.97 Å². The number of hydrogen-bond donors (Lipinski definition) is 1. The molecule has 0 aliphatic heterocycles. The minimum absolute atomic E-state index is 0.324. The van der Waals surface area contributed by atoms with E-state index in [1.165, 1.54) is 11.1 Å². The molecule has 0 spiro atoms. The fourth-order valence-corrected chi connectivity index (χ4v) is 1.73. The zero-order chi connectivity index (χ0) is 12.1. The standard InChI is InChI=1S/C13H19NO2/c1-10-5-4-6-12(7-10)9-14(3)8-11(2)13(15)16/h4-7,11H,8-9H2,1-3H3,(H,15,16). The van der Waals surface area contributed by atoms with E-state index in [0.717, 1.165) is 6.54 Å². The highest BCUT2D eigenvalue weighted by atomic mass is 16.4. The predicted octanol–water partition coefficient (Wildman–Crippen LogP) is 2.15. The van der Waals surface area contributed by atoms with Crippen molar-refractivity contribution in [1.29, 1.82) is 0 Å². The highest BCUT2D eigenvalue weighted by molar-refractivity contribution is 5.69. The summed E-state index contributed by atoms with van der Waals surface area (Å²) < 4.78 is 0. The molecule has 1 aromatic rings. The van der Waals surface area contributed by atoms with Crippen LogP contribution in [0.15, 0.2) is 24.3 Å². The third-order valence-corrected chi connectivity index (χ3v) is 2.54. The van der Waals surface area contributed by atoms with Crippen LogP contribution >= 0.6 is 0 Å². The Morgan fingerprint density at radius 2 is 2.19 bits per heavy atom. The summed E-state index contributed by atoms with van der Waals surface area (Å²) in [6.45, 7) is 5.15. The van der Waals surface area contributed by atoms with Gasteiger partial charge in [-0.2, -0.15) is 0 Å². The van der Waals surface area contributed by atoms with E-state index in [4.69, 9.17) is 5.11 Å². The predicted molar refractivity (Wildman–Crippen MR) is 64.3 cm³/mol. The quantitative estimate of drug-likeness (QED) is 0.828. The van der Waals surface area contributed by atoms with E-state index in [1.807, 2.05) is 18.0 Å². The molecule has 1 N–H and O–H groups in total. The molecule has 1 aromatic carbocycles. The Labute approximate surface area is 96.7 Å². The lowest BCUT2D eigenvalue weighted by Gasteiger charge is -2.19. The summed E-state index contributed by atoms with van der Waals surface area (Å²) in [6, 6.07) is 8.28. The number of carbonyl (C=O) groups is 1. The van der Waals surface area contributed by atoms with Crippen LogP contribution < -0.4 is 0 Å². The van der Waals surface area contributed by atoms with E-state index in [9.17, 15) is 4.79 Å². The van der Waals surface area contributed by atoms with Gasteiger partial charge in [0.25, 0.3) is 0 Å². The molecule has 0 aliphatic rings. The zero-order valence-electron chi connectivity index (χ0n) is 10.1. The molecule has 0 heterocycles. The molecule has 1 unspecified atom stereocenters. The minimum atomic E-state index is -0.740. The largest absolute Gasteiger partial charge is 0.481 e. The van der Waals surface area contributed by atoms with Crippen molar-refractivity contribution < 1.29 is 9.90 Å². The smallest absolute Gasteiger partial charge is 0.307 e. The van der Waals surface area contributed by atoms with Gasteiger partial charge in [-0.05, 0) is 19.5 Å². The number of carboxylic acids is 1. The molecule has 0 fully saturated rings. The topological polar surface area (TPSA) is 40.5 Å². The van der Waals surface area contributed by atoms with Gasteiger partial charge in [0.15, 0.2) is 0 Å². The first-order valence-electron chi connectivity index (χ1n) is 5.46. The Morgan fingerprint density at radius 1 is 1.50 bits per heavy atom. The molecule has 3 nitrogen and oxygen atoms in total. The lowest BCUT2D eigenvalue weighted by atomic mass is 10.1. The van der Waals surface area contributed by atoms with Crippen LogP contribution in [0.25, 0.3) is 0 Å². The second-order valence-electron chi connectivity index (χ2n) is 4.43. The molecule has 1 rings (SSSR count). The van der Waals surface area contributed by atoms with Crippen LogP contribution in [0.4, 0.5) is 0 Å². The van der Waals surface area contributed by atoms with Crippen LogP contribution in [0.2, 0.25) is 0 Å². The second-order valence-corrected chi connectivity index (χ2v) is 4.43. The van der Waals surface area contributed by atoms with E-state index in [-0.39, 0.29) is 5.92 Å². The van der Waals surface area contributed by atoms with Gasteiger partial charge in [0.05, 0.1) is 5.92 Å². The molecule has 88 valence electrons. The Kier molecular flexibility index (Phi) is 4.50. The van der Waals surface area contributed by atoms with Crippen LogP contribution in [-0.4, -0.2) is 29.6 Å². The first kappa shape index (κ1) is 12.7. The highest BCUT2D eigenvalue weighted by Crippen LogP contribution is 2.08. The monoisotopic (exact) mass is 221 g/mol. The SMILES string of the molecule is Cc1cccc(CN(C)CC(C)C(=O)O)c1. The summed E-state index contributed by atoms with van der Waals surface area (Å²) >= 11 is 0. The molecule has 0 aromatic heterocycles. The van der Waals surface area contributed by atoms with Gasteiger partial charge in [-0.25, -0.2) is 0 Å². The molecular formula is C13H19NO2. The number of nitrogens with zero attached hydrogens (tertiary/aromatic N) is 1. The fraction of sp³-hybridized carbons (Fsp3) is 0.462. The lowest BCUT2D eigenvalue weighted by Crippen LogP contribution is -2.28. The Hall–Kier alpha value is -1.35. The number of carboxylic acid groups (broad SMARTS) is 1. The molecular weight excluding hydrogens is 202 g/mol. The molecule has 16 heavy (non-hydrogen) atoms. The number of benzene rings is 1. The number of aliphatic carboxylic acids is 1. The van der Waals surface area contributed by atoms with E-state index in [0.29, 0.717) is 6.54 Å². The normalized spacial score (nSPS) is 12.8. The Bertz CT molecular complexity index is 363. The number of rotatable bonds is 5. The van der Waals surface area contributed by atoms with Crippen LogP contribution in [0, 0.1) is 12.8 Å².